The third-order valence-corrected chi connectivity index (χ3v) is 4.36. The van der Waals surface area contributed by atoms with Crippen LogP contribution in [0.15, 0.2) is 46.6 Å². The van der Waals surface area contributed by atoms with Gasteiger partial charge in [-0.15, -0.1) is 0 Å². The lowest BCUT2D eigenvalue weighted by Gasteiger charge is -2.16. The van der Waals surface area contributed by atoms with E-state index in [0.29, 0.717) is 17.2 Å². The van der Waals surface area contributed by atoms with Crippen molar-refractivity contribution in [1.82, 2.24) is 4.98 Å². The molecule has 1 aromatic heterocycles. The fraction of sp³-hybridized carbons (Fsp3) is 0.500. The summed E-state index contributed by atoms with van der Waals surface area (Å²) in [5.74, 6) is 1.03. The summed E-state index contributed by atoms with van der Waals surface area (Å²) in [6, 6.07) is 0. The lowest BCUT2D eigenvalue weighted by atomic mass is 9.91. The van der Waals surface area contributed by atoms with Crippen molar-refractivity contribution < 1.29 is 9.21 Å². The first-order chi connectivity index (χ1) is 11.3. The monoisotopic (exact) mass is 313 g/mol. The van der Waals surface area contributed by atoms with Crippen molar-refractivity contribution in [3.8, 4) is 0 Å². The zero-order chi connectivity index (χ0) is 16.5. The van der Waals surface area contributed by atoms with E-state index < -0.39 is 0 Å². The highest BCUT2D eigenvalue weighted by Gasteiger charge is 2.21. The van der Waals surface area contributed by atoms with Gasteiger partial charge >= 0.3 is 0 Å². The van der Waals surface area contributed by atoms with E-state index in [9.17, 15) is 4.79 Å². The molecule has 0 bridgehead atoms. The number of ketones is 1. The Labute approximate surface area is 139 Å². The highest BCUT2D eigenvalue weighted by molar-refractivity contribution is 6.09. The summed E-state index contributed by atoms with van der Waals surface area (Å²) in [4.78, 5) is 17.0. The van der Waals surface area contributed by atoms with Crippen LogP contribution in [0, 0.1) is 0 Å². The number of Topliss-reactive ketones (excluding diaryl/α,β-unsaturated/α-hetero) is 1. The van der Waals surface area contributed by atoms with E-state index in [2.05, 4.69) is 4.98 Å². The van der Waals surface area contributed by atoms with Crippen LogP contribution in [0.4, 0.5) is 0 Å². The van der Waals surface area contributed by atoms with Crippen molar-refractivity contribution >= 4 is 5.78 Å². The molecule has 0 saturated heterocycles. The predicted molar refractivity (Wildman–Crippen MR) is 93.6 cm³/mol. The topological polar surface area (TPSA) is 43.1 Å². The Hall–Kier alpha value is -1.90. The summed E-state index contributed by atoms with van der Waals surface area (Å²) in [6.45, 7) is 3.81. The molecule has 2 rings (SSSR count). The van der Waals surface area contributed by atoms with Crippen LogP contribution in [0.5, 0.6) is 0 Å². The van der Waals surface area contributed by atoms with Crippen molar-refractivity contribution in [1.29, 1.82) is 0 Å². The molecule has 0 atom stereocenters. The average Bonchev–Trinajstić information content (AvgIpc) is 3.00. The van der Waals surface area contributed by atoms with Crippen LogP contribution in [-0.2, 0) is 0 Å². The molecule has 0 unspecified atom stereocenters. The summed E-state index contributed by atoms with van der Waals surface area (Å²) >= 11 is 0. The molecular weight excluding hydrogens is 286 g/mol. The molecule has 23 heavy (non-hydrogen) atoms. The van der Waals surface area contributed by atoms with Gasteiger partial charge in [0.1, 0.15) is 12.0 Å². The number of allylic oxidation sites excluding steroid dienone is 6. The van der Waals surface area contributed by atoms with Gasteiger partial charge in [0.05, 0.1) is 0 Å². The number of rotatable bonds is 5. The van der Waals surface area contributed by atoms with Gasteiger partial charge in [-0.2, -0.15) is 0 Å². The second kappa shape index (κ2) is 9.29. The third kappa shape index (κ3) is 5.05. The molecule has 1 aromatic rings. The van der Waals surface area contributed by atoms with Gasteiger partial charge in [-0.05, 0) is 26.7 Å². The van der Waals surface area contributed by atoms with E-state index in [4.69, 9.17) is 4.42 Å². The molecule has 0 aromatic carbocycles. The number of carbonyl (C=O) groups excluding carboxylic acids is 1. The van der Waals surface area contributed by atoms with Crippen LogP contribution in [0.25, 0.3) is 0 Å². The molecule has 3 nitrogen and oxygen atoms in total. The summed E-state index contributed by atoms with van der Waals surface area (Å²) in [5, 5.41) is 0. The van der Waals surface area contributed by atoms with Gasteiger partial charge in [-0.3, -0.25) is 4.79 Å². The van der Waals surface area contributed by atoms with E-state index >= 15 is 0 Å². The summed E-state index contributed by atoms with van der Waals surface area (Å²) in [7, 11) is 0. The minimum atomic E-state index is -0.0749. The number of nitrogens with zero attached hydrogens (tertiary/aromatic N) is 1. The average molecular weight is 313 g/mol. The fourth-order valence-corrected chi connectivity index (χ4v) is 3.00. The van der Waals surface area contributed by atoms with Gasteiger partial charge in [-0.25, -0.2) is 4.98 Å². The molecule has 1 fully saturated rings. The van der Waals surface area contributed by atoms with Crippen LogP contribution in [-0.4, -0.2) is 10.8 Å². The quantitative estimate of drug-likeness (QED) is 0.394. The Kier molecular flexibility index (Phi) is 7.05. The second-order valence-electron chi connectivity index (χ2n) is 6.07. The molecule has 0 radical (unpaired) electrons. The third-order valence-electron chi connectivity index (χ3n) is 4.36. The van der Waals surface area contributed by atoms with E-state index in [1.807, 2.05) is 44.2 Å². The number of hydrogen-bond acceptors (Lipinski definition) is 3. The number of aromatic nitrogens is 1. The second-order valence-corrected chi connectivity index (χ2v) is 6.07. The SMILES string of the molecule is C\C=C/C=C\C(=C/C)C(=O)c1coc(C2CCCCCCC2)n1. The zero-order valence-corrected chi connectivity index (χ0v) is 14.3. The van der Waals surface area contributed by atoms with Crippen molar-refractivity contribution in [2.75, 3.05) is 0 Å². The molecule has 1 aliphatic carbocycles. The van der Waals surface area contributed by atoms with Crippen LogP contribution in [0.3, 0.4) is 0 Å². The molecule has 3 heteroatoms. The molecule has 0 amide bonds. The molecule has 0 aliphatic heterocycles. The first kappa shape index (κ1) is 17.5. The van der Waals surface area contributed by atoms with Crippen LogP contribution < -0.4 is 0 Å². The van der Waals surface area contributed by atoms with Crippen molar-refractivity contribution in [2.45, 2.75) is 64.7 Å². The highest BCUT2D eigenvalue weighted by atomic mass is 16.3. The van der Waals surface area contributed by atoms with Crippen LogP contribution in [0.2, 0.25) is 0 Å². The molecule has 0 spiro atoms. The Balaban J connectivity index is 2.09. The number of oxazole rings is 1. The maximum Gasteiger partial charge on any atom is 0.214 e. The maximum absolute atomic E-state index is 12.5. The standard InChI is InChI=1S/C20H27NO2/c1-3-5-9-12-16(4-2)19(22)18-15-23-20(21-18)17-13-10-7-6-8-11-14-17/h3-5,9,12,15,17H,6-8,10-11,13-14H2,1-2H3/b5-3-,12-9-,16-4+. The molecule has 124 valence electrons. The predicted octanol–water partition coefficient (Wildman–Crippen LogP) is 5.76. The van der Waals surface area contributed by atoms with E-state index in [1.54, 1.807) is 0 Å². The Morgan fingerprint density at radius 1 is 1.13 bits per heavy atom. The van der Waals surface area contributed by atoms with Gasteiger partial charge in [0, 0.05) is 11.5 Å². The van der Waals surface area contributed by atoms with Gasteiger partial charge in [0.15, 0.2) is 5.89 Å². The lowest BCUT2D eigenvalue weighted by Crippen LogP contribution is -2.05. The molecule has 0 N–H and O–H groups in total. The largest absolute Gasteiger partial charge is 0.448 e. The van der Waals surface area contributed by atoms with Crippen molar-refractivity contribution in [2.24, 2.45) is 0 Å². The Morgan fingerprint density at radius 2 is 1.83 bits per heavy atom. The first-order valence-corrected chi connectivity index (χ1v) is 8.72. The van der Waals surface area contributed by atoms with E-state index in [-0.39, 0.29) is 5.78 Å². The minimum Gasteiger partial charge on any atom is -0.448 e. The summed E-state index contributed by atoms with van der Waals surface area (Å²) in [6.07, 6.45) is 19.4. The Morgan fingerprint density at radius 3 is 2.48 bits per heavy atom. The normalized spacial score (nSPS) is 18.4. The van der Waals surface area contributed by atoms with Gasteiger partial charge in [0.25, 0.3) is 0 Å². The van der Waals surface area contributed by atoms with Gasteiger partial charge in [-0.1, -0.05) is 62.5 Å². The van der Waals surface area contributed by atoms with E-state index in [0.717, 1.165) is 18.7 Å². The number of hydrogen-bond donors (Lipinski definition) is 0. The van der Waals surface area contributed by atoms with Gasteiger partial charge < -0.3 is 4.42 Å². The fourth-order valence-electron chi connectivity index (χ4n) is 3.00. The van der Waals surface area contributed by atoms with E-state index in [1.165, 1.54) is 38.4 Å². The summed E-state index contributed by atoms with van der Waals surface area (Å²) < 4.78 is 5.64. The van der Waals surface area contributed by atoms with Gasteiger partial charge in [0.2, 0.25) is 5.78 Å². The highest BCUT2D eigenvalue weighted by Crippen LogP contribution is 2.30. The Bertz CT molecular complexity index is 585. The molecule has 1 aliphatic rings. The smallest absolute Gasteiger partial charge is 0.214 e. The van der Waals surface area contributed by atoms with Crippen molar-refractivity contribution in [3.63, 3.8) is 0 Å². The molecule has 1 heterocycles. The molecular formula is C20H27NO2. The van der Waals surface area contributed by atoms with Crippen LogP contribution in [0.1, 0.15) is 81.1 Å². The van der Waals surface area contributed by atoms with Crippen molar-refractivity contribution in [3.05, 3.63) is 53.8 Å². The zero-order valence-electron chi connectivity index (χ0n) is 14.3. The molecule has 1 saturated carbocycles. The summed E-state index contributed by atoms with van der Waals surface area (Å²) in [5.41, 5.74) is 1.06. The number of carbonyl (C=O) groups is 1. The lowest BCUT2D eigenvalue weighted by molar-refractivity contribution is 0.103. The van der Waals surface area contributed by atoms with Crippen LogP contribution >= 0.6 is 0 Å². The first-order valence-electron chi connectivity index (χ1n) is 8.72. The maximum atomic E-state index is 12.5. The minimum absolute atomic E-state index is 0.0749.